The molecule has 0 aliphatic heterocycles. The van der Waals surface area contributed by atoms with Crippen LogP contribution in [0.3, 0.4) is 0 Å². The van der Waals surface area contributed by atoms with Crippen molar-refractivity contribution in [1.82, 2.24) is 0 Å². The van der Waals surface area contributed by atoms with Crippen molar-refractivity contribution in [3.63, 3.8) is 0 Å². The molecule has 0 N–H and O–H groups in total. The Kier molecular flexibility index (Phi) is 9.28. The second kappa shape index (κ2) is 9.79. The van der Waals surface area contributed by atoms with Gasteiger partial charge in [0.25, 0.3) is 0 Å². The lowest BCUT2D eigenvalue weighted by Crippen LogP contribution is -3.00. The van der Waals surface area contributed by atoms with Crippen LogP contribution in [0.1, 0.15) is 0 Å². The van der Waals surface area contributed by atoms with Crippen LogP contribution in [0.2, 0.25) is 0 Å². The molecular weight excluding hydrogens is 408 g/mol. The first kappa shape index (κ1) is 20.9. The molecular formula is C16H24Br2N4. The van der Waals surface area contributed by atoms with Gasteiger partial charge in [0, 0.05) is 63.8 Å². The highest BCUT2D eigenvalue weighted by Gasteiger charge is 2.07. The number of nitrogens with zero attached hydrogens (tertiary/aromatic N) is 4. The van der Waals surface area contributed by atoms with Crippen molar-refractivity contribution in [2.24, 2.45) is 0 Å². The molecule has 0 bridgehead atoms. The first-order valence-electron chi connectivity index (χ1n) is 6.89. The lowest BCUT2D eigenvalue weighted by Gasteiger charge is -2.10. The third kappa shape index (κ3) is 5.93. The number of halogens is 2. The SMILES string of the molecule is CN(C)c1cc[n+](CC[n+]2ccc(N(C)C)cc2)cc1.[Br-].[Br-]. The summed E-state index contributed by atoms with van der Waals surface area (Å²) in [5.74, 6) is 0. The molecule has 0 aliphatic rings. The maximum Gasteiger partial charge on any atom is 0.206 e. The number of pyridine rings is 2. The minimum Gasteiger partial charge on any atom is -1.00 e. The number of hydrogen-bond acceptors (Lipinski definition) is 2. The van der Waals surface area contributed by atoms with Crippen molar-refractivity contribution in [2.45, 2.75) is 13.1 Å². The number of anilines is 2. The third-order valence-corrected chi connectivity index (χ3v) is 3.40. The Morgan fingerprint density at radius 1 is 0.636 bits per heavy atom. The summed E-state index contributed by atoms with van der Waals surface area (Å²) in [6, 6.07) is 8.55. The molecule has 0 spiro atoms. The second-order valence-electron chi connectivity index (χ2n) is 5.38. The van der Waals surface area contributed by atoms with Crippen LogP contribution in [0.15, 0.2) is 49.1 Å². The van der Waals surface area contributed by atoms with Crippen LogP contribution in [0.25, 0.3) is 0 Å². The Labute approximate surface area is 154 Å². The molecule has 2 aromatic rings. The van der Waals surface area contributed by atoms with Gasteiger partial charge in [0.2, 0.25) is 13.1 Å². The highest BCUT2D eigenvalue weighted by Crippen LogP contribution is 2.06. The fourth-order valence-corrected chi connectivity index (χ4v) is 2.02. The topological polar surface area (TPSA) is 14.2 Å². The summed E-state index contributed by atoms with van der Waals surface area (Å²) in [5.41, 5.74) is 2.45. The van der Waals surface area contributed by atoms with E-state index < -0.39 is 0 Å². The lowest BCUT2D eigenvalue weighted by molar-refractivity contribution is -0.778. The molecule has 0 radical (unpaired) electrons. The smallest absolute Gasteiger partial charge is 0.206 e. The summed E-state index contributed by atoms with van der Waals surface area (Å²) < 4.78 is 4.42. The summed E-state index contributed by atoms with van der Waals surface area (Å²) in [6.07, 6.45) is 8.52. The van der Waals surface area contributed by atoms with Crippen molar-refractivity contribution in [1.29, 1.82) is 0 Å². The minimum absolute atomic E-state index is 0. The molecule has 122 valence electrons. The van der Waals surface area contributed by atoms with Gasteiger partial charge < -0.3 is 43.8 Å². The Morgan fingerprint density at radius 2 is 0.909 bits per heavy atom. The minimum atomic E-state index is 0. The highest BCUT2D eigenvalue weighted by molar-refractivity contribution is 5.42. The molecule has 6 heteroatoms. The van der Waals surface area contributed by atoms with Gasteiger partial charge in [-0.1, -0.05) is 0 Å². The molecule has 4 nitrogen and oxygen atoms in total. The second-order valence-corrected chi connectivity index (χ2v) is 5.38. The zero-order chi connectivity index (χ0) is 14.5. The summed E-state index contributed by atoms with van der Waals surface area (Å²) in [4.78, 5) is 4.22. The average molecular weight is 432 g/mol. The Bertz CT molecular complexity index is 488. The van der Waals surface area contributed by atoms with Crippen molar-refractivity contribution >= 4 is 11.4 Å². The van der Waals surface area contributed by atoms with E-state index >= 15 is 0 Å². The Balaban J connectivity index is 0.00000220. The molecule has 2 rings (SSSR count). The van der Waals surface area contributed by atoms with Gasteiger partial charge in [0.05, 0.1) is 0 Å². The average Bonchev–Trinajstić information content (AvgIpc) is 2.46. The maximum atomic E-state index is 2.21. The van der Waals surface area contributed by atoms with Gasteiger partial charge in [-0.3, -0.25) is 0 Å². The number of hydrogen-bond donors (Lipinski definition) is 0. The van der Waals surface area contributed by atoms with Gasteiger partial charge in [-0.05, 0) is 0 Å². The van der Waals surface area contributed by atoms with Crippen molar-refractivity contribution in [2.75, 3.05) is 38.0 Å². The van der Waals surface area contributed by atoms with Crippen LogP contribution >= 0.6 is 0 Å². The molecule has 2 heterocycles. The molecule has 0 aliphatic carbocycles. The van der Waals surface area contributed by atoms with Crippen LogP contribution in [0.5, 0.6) is 0 Å². The summed E-state index contributed by atoms with van der Waals surface area (Å²) >= 11 is 0. The van der Waals surface area contributed by atoms with Crippen LogP contribution < -0.4 is 52.9 Å². The Morgan fingerprint density at radius 3 is 1.14 bits per heavy atom. The quantitative estimate of drug-likeness (QED) is 0.441. The molecule has 22 heavy (non-hydrogen) atoms. The monoisotopic (exact) mass is 430 g/mol. The van der Waals surface area contributed by atoms with Gasteiger partial charge in [0.1, 0.15) is 0 Å². The Hall–Kier alpha value is -1.14. The van der Waals surface area contributed by atoms with E-state index in [9.17, 15) is 0 Å². The fraction of sp³-hybridized carbons (Fsp3) is 0.375. The molecule has 0 fully saturated rings. The van der Waals surface area contributed by atoms with E-state index in [1.165, 1.54) is 11.4 Å². The van der Waals surface area contributed by atoms with E-state index in [0.29, 0.717) is 0 Å². The van der Waals surface area contributed by atoms with E-state index in [-0.39, 0.29) is 34.0 Å². The molecule has 0 aromatic carbocycles. The zero-order valence-corrected chi connectivity index (χ0v) is 16.7. The number of aryl methyl sites for hydroxylation is 2. The number of rotatable bonds is 5. The zero-order valence-electron chi connectivity index (χ0n) is 13.6. The van der Waals surface area contributed by atoms with Gasteiger partial charge in [-0.25, -0.2) is 0 Å². The third-order valence-electron chi connectivity index (χ3n) is 3.40. The van der Waals surface area contributed by atoms with Gasteiger partial charge in [-0.2, -0.15) is 9.13 Å². The van der Waals surface area contributed by atoms with Crippen LogP contribution in [0, 0.1) is 0 Å². The molecule has 0 saturated carbocycles. The summed E-state index contributed by atoms with van der Waals surface area (Å²) in [7, 11) is 8.23. The van der Waals surface area contributed by atoms with Crippen LogP contribution in [0.4, 0.5) is 11.4 Å². The molecule has 0 unspecified atom stereocenters. The molecule has 2 aromatic heterocycles. The first-order chi connectivity index (χ1) is 9.56. The van der Waals surface area contributed by atoms with Crippen molar-refractivity contribution < 1.29 is 43.1 Å². The van der Waals surface area contributed by atoms with E-state index in [1.54, 1.807) is 0 Å². The summed E-state index contributed by atoms with van der Waals surface area (Å²) in [5, 5.41) is 0. The standard InChI is InChI=1S/C16H24N4.2BrH/c1-17(2)15-5-9-19(10-6-15)13-14-20-11-7-16(8-12-20)18(3)4;;/h5-12H,13-14H2,1-4H3;2*1H/q+2;;/p-2. The van der Waals surface area contributed by atoms with Crippen molar-refractivity contribution in [3.05, 3.63) is 49.1 Å². The van der Waals surface area contributed by atoms with Gasteiger partial charge >= 0.3 is 0 Å². The van der Waals surface area contributed by atoms with Crippen LogP contribution in [-0.2, 0) is 13.1 Å². The molecule has 0 saturated heterocycles. The van der Waals surface area contributed by atoms with E-state index in [4.69, 9.17) is 0 Å². The number of aromatic nitrogens is 2. The van der Waals surface area contributed by atoms with Gasteiger partial charge in [-0.15, -0.1) is 0 Å². The highest BCUT2D eigenvalue weighted by atomic mass is 79.9. The van der Waals surface area contributed by atoms with Crippen LogP contribution in [-0.4, -0.2) is 28.2 Å². The van der Waals surface area contributed by atoms with E-state index in [1.807, 2.05) is 0 Å². The maximum absolute atomic E-state index is 2.21. The predicted molar refractivity (Wildman–Crippen MR) is 81.9 cm³/mol. The molecule has 0 atom stereocenters. The largest absolute Gasteiger partial charge is 1.00 e. The predicted octanol–water partition coefficient (Wildman–Crippen LogP) is -4.90. The summed E-state index contributed by atoms with van der Waals surface area (Å²) in [6.45, 7) is 1.94. The first-order valence-corrected chi connectivity index (χ1v) is 6.89. The molecule has 0 amide bonds. The van der Waals surface area contributed by atoms with Gasteiger partial charge in [0.15, 0.2) is 24.8 Å². The normalized spacial score (nSPS) is 9.45. The van der Waals surface area contributed by atoms with E-state index in [2.05, 4.69) is 96.2 Å². The lowest BCUT2D eigenvalue weighted by atomic mass is 10.3. The van der Waals surface area contributed by atoms with E-state index in [0.717, 1.165) is 13.1 Å². The fourth-order valence-electron chi connectivity index (χ4n) is 2.02. The van der Waals surface area contributed by atoms with Crippen molar-refractivity contribution in [3.8, 4) is 0 Å².